The predicted molar refractivity (Wildman–Crippen MR) is 141 cm³/mol. The Labute approximate surface area is 203 Å². The van der Waals surface area contributed by atoms with E-state index in [0.29, 0.717) is 16.0 Å². The van der Waals surface area contributed by atoms with E-state index in [1.807, 2.05) is 97.1 Å². The number of aliphatic imine (C=N–C) groups is 1. The van der Waals surface area contributed by atoms with Gasteiger partial charge in [0.25, 0.3) is 0 Å². The number of likely N-dealkylation sites (N-methyl/N-ethyl adjacent to an activating group) is 1. The molecule has 1 aliphatic rings. The van der Waals surface area contributed by atoms with E-state index in [0.717, 1.165) is 27.4 Å². The van der Waals surface area contributed by atoms with E-state index in [1.165, 1.54) is 0 Å². The summed E-state index contributed by atoms with van der Waals surface area (Å²) < 4.78 is 15.1. The molecule has 0 bridgehead atoms. The summed E-state index contributed by atoms with van der Waals surface area (Å²) in [4.78, 5) is 19.0. The normalized spacial score (nSPS) is 13.8. The van der Waals surface area contributed by atoms with E-state index in [-0.39, 0.29) is 12.5 Å². The molecule has 5 rings (SSSR count). The van der Waals surface area contributed by atoms with Gasteiger partial charge in [0.15, 0.2) is 7.14 Å². The van der Waals surface area contributed by atoms with Gasteiger partial charge in [-0.05, 0) is 18.2 Å². The maximum absolute atomic E-state index is 15.1. The third-order valence-corrected chi connectivity index (χ3v) is 9.41. The second-order valence-corrected chi connectivity index (χ2v) is 11.2. The van der Waals surface area contributed by atoms with Gasteiger partial charge in [0.2, 0.25) is 5.91 Å². The maximum atomic E-state index is 15.1. The zero-order valence-electron chi connectivity index (χ0n) is 18.6. The molecule has 1 aliphatic heterocycles. The number of rotatable bonds is 4. The van der Waals surface area contributed by atoms with E-state index in [9.17, 15) is 4.79 Å². The first-order valence-electron chi connectivity index (χ1n) is 10.9. The van der Waals surface area contributed by atoms with E-state index in [4.69, 9.17) is 16.6 Å². The van der Waals surface area contributed by atoms with Crippen LogP contribution in [0.3, 0.4) is 0 Å². The Morgan fingerprint density at radius 2 is 1.38 bits per heavy atom. The second kappa shape index (κ2) is 9.06. The number of hydrogen-bond acceptors (Lipinski definition) is 3. The largest absolute Gasteiger partial charge is 0.313 e. The van der Waals surface area contributed by atoms with E-state index < -0.39 is 7.14 Å². The number of carbonyl (C=O) groups is 1. The third kappa shape index (κ3) is 3.79. The van der Waals surface area contributed by atoms with Crippen LogP contribution in [-0.2, 0) is 9.36 Å². The number of benzodiazepines with no additional fused rings is 1. The highest BCUT2D eigenvalue weighted by Crippen LogP contribution is 2.44. The Kier molecular flexibility index (Phi) is 5.95. The number of anilines is 1. The minimum absolute atomic E-state index is 0.00651. The summed E-state index contributed by atoms with van der Waals surface area (Å²) in [6.45, 7) is -0.00651. The average Bonchev–Trinajstić information content (AvgIpc) is 3.00. The minimum Gasteiger partial charge on any atom is -0.313 e. The third-order valence-electron chi connectivity index (χ3n) is 6.06. The van der Waals surface area contributed by atoms with Crippen LogP contribution in [0.15, 0.2) is 108 Å². The van der Waals surface area contributed by atoms with Crippen LogP contribution < -0.4 is 20.8 Å². The molecule has 0 spiro atoms. The lowest BCUT2D eigenvalue weighted by atomic mass is 10.00. The molecule has 0 aromatic heterocycles. The van der Waals surface area contributed by atoms with Crippen LogP contribution in [0.4, 0.5) is 5.69 Å². The van der Waals surface area contributed by atoms with Crippen molar-refractivity contribution in [3.63, 3.8) is 0 Å². The van der Waals surface area contributed by atoms with Crippen molar-refractivity contribution in [2.75, 3.05) is 18.5 Å². The first-order valence-corrected chi connectivity index (χ1v) is 13.0. The maximum Gasteiger partial charge on any atom is 0.248 e. The van der Waals surface area contributed by atoms with E-state index >= 15 is 4.57 Å². The van der Waals surface area contributed by atoms with Crippen molar-refractivity contribution in [2.45, 2.75) is 0 Å². The lowest BCUT2D eigenvalue weighted by Crippen LogP contribution is -2.29. The molecule has 1 amide bonds. The molecule has 0 fully saturated rings. The number of halogens is 1. The van der Waals surface area contributed by atoms with Crippen molar-refractivity contribution in [3.8, 4) is 0 Å². The summed E-state index contributed by atoms with van der Waals surface area (Å²) in [5.41, 5.74) is 2.79. The summed E-state index contributed by atoms with van der Waals surface area (Å²) in [7, 11) is -1.53. The molecule has 168 valence electrons. The first kappa shape index (κ1) is 22.3. The molecule has 0 atom stereocenters. The smallest absolute Gasteiger partial charge is 0.248 e. The SMILES string of the molecule is CN1C(=O)CN=C(c2ccccc2P(=O)(c2ccccc2)c2ccccc2)c2cc(Cl)ccc21. The highest BCUT2D eigenvalue weighted by Gasteiger charge is 2.34. The molecule has 0 unspecified atom stereocenters. The van der Waals surface area contributed by atoms with Gasteiger partial charge in [0.05, 0.1) is 11.4 Å². The van der Waals surface area contributed by atoms with Gasteiger partial charge in [-0.25, -0.2) is 0 Å². The fraction of sp³-hybridized carbons (Fsp3) is 0.0714. The van der Waals surface area contributed by atoms with Crippen LogP contribution in [0.2, 0.25) is 5.02 Å². The van der Waals surface area contributed by atoms with Crippen molar-refractivity contribution in [3.05, 3.63) is 119 Å². The van der Waals surface area contributed by atoms with Gasteiger partial charge in [-0.1, -0.05) is 96.5 Å². The standard InChI is InChI=1S/C28H22ClN2O2P/c1-31-25-17-16-20(29)18-24(25)28(30-19-27(31)32)23-14-8-9-15-26(23)34(33,21-10-4-2-5-11-21)22-12-6-3-7-13-22/h2-18H,19H2,1H3. The number of nitrogens with zero attached hydrogens (tertiary/aromatic N) is 2. The number of fused-ring (bicyclic) bond motifs is 1. The Morgan fingerprint density at radius 3 is 2.03 bits per heavy atom. The van der Waals surface area contributed by atoms with Crippen LogP contribution in [0.25, 0.3) is 0 Å². The molecule has 34 heavy (non-hydrogen) atoms. The molecule has 0 saturated carbocycles. The summed E-state index contributed by atoms with van der Waals surface area (Å²) in [5, 5.41) is 2.69. The van der Waals surface area contributed by atoms with Crippen molar-refractivity contribution >= 4 is 52.0 Å². The van der Waals surface area contributed by atoms with Gasteiger partial charge in [-0.15, -0.1) is 0 Å². The van der Waals surface area contributed by atoms with Crippen LogP contribution in [-0.4, -0.2) is 25.2 Å². The number of carbonyl (C=O) groups excluding carboxylic acids is 1. The fourth-order valence-electron chi connectivity index (χ4n) is 4.34. The molecule has 4 aromatic rings. The predicted octanol–water partition coefficient (Wildman–Crippen LogP) is 4.79. The fourth-order valence-corrected chi connectivity index (χ4v) is 7.37. The van der Waals surface area contributed by atoms with Gasteiger partial charge in [0, 0.05) is 39.1 Å². The van der Waals surface area contributed by atoms with Crippen LogP contribution >= 0.6 is 18.7 Å². The van der Waals surface area contributed by atoms with Crippen LogP contribution in [0, 0.1) is 0 Å². The molecular weight excluding hydrogens is 463 g/mol. The molecule has 0 saturated heterocycles. The average molecular weight is 485 g/mol. The lowest BCUT2D eigenvalue weighted by Gasteiger charge is -2.24. The van der Waals surface area contributed by atoms with Gasteiger partial charge in [-0.2, -0.15) is 0 Å². The van der Waals surface area contributed by atoms with Crippen molar-refractivity contribution in [1.82, 2.24) is 0 Å². The van der Waals surface area contributed by atoms with Gasteiger partial charge < -0.3 is 9.46 Å². The Bertz CT molecular complexity index is 1410. The van der Waals surface area contributed by atoms with Gasteiger partial charge in [-0.3, -0.25) is 9.79 Å². The summed E-state index contributed by atoms with van der Waals surface area (Å²) in [6, 6.07) is 32.1. The van der Waals surface area contributed by atoms with E-state index in [2.05, 4.69) is 0 Å². The van der Waals surface area contributed by atoms with Crippen LogP contribution in [0.5, 0.6) is 0 Å². The van der Waals surface area contributed by atoms with Crippen molar-refractivity contribution in [1.29, 1.82) is 0 Å². The Balaban J connectivity index is 1.81. The van der Waals surface area contributed by atoms with Gasteiger partial charge in [0.1, 0.15) is 6.54 Å². The highest BCUT2D eigenvalue weighted by atomic mass is 35.5. The second-order valence-electron chi connectivity index (χ2n) is 8.08. The summed E-state index contributed by atoms with van der Waals surface area (Å²) >= 11 is 6.38. The minimum atomic E-state index is -3.26. The molecule has 0 radical (unpaired) electrons. The number of benzene rings is 4. The molecule has 0 aliphatic carbocycles. The van der Waals surface area contributed by atoms with Gasteiger partial charge >= 0.3 is 0 Å². The first-order chi connectivity index (χ1) is 16.5. The monoisotopic (exact) mass is 484 g/mol. The van der Waals surface area contributed by atoms with E-state index in [1.54, 1.807) is 18.0 Å². The molecular formula is C28H22ClN2O2P. The molecule has 4 nitrogen and oxygen atoms in total. The highest BCUT2D eigenvalue weighted by molar-refractivity contribution is 7.85. The zero-order chi connectivity index (χ0) is 23.7. The Morgan fingerprint density at radius 1 is 0.794 bits per heavy atom. The topological polar surface area (TPSA) is 49.7 Å². The molecule has 1 heterocycles. The molecule has 6 heteroatoms. The quantitative estimate of drug-likeness (QED) is 0.391. The summed E-state index contributed by atoms with van der Waals surface area (Å²) in [5.74, 6) is -0.120. The van der Waals surface area contributed by atoms with Crippen molar-refractivity contribution in [2.24, 2.45) is 4.99 Å². The zero-order valence-corrected chi connectivity index (χ0v) is 20.2. The molecule has 0 N–H and O–H groups in total. The summed E-state index contributed by atoms with van der Waals surface area (Å²) in [6.07, 6.45) is 0. The lowest BCUT2D eigenvalue weighted by molar-refractivity contribution is -0.116. The van der Waals surface area contributed by atoms with Crippen LogP contribution in [0.1, 0.15) is 11.1 Å². The number of amides is 1. The molecule has 4 aromatic carbocycles. The van der Waals surface area contributed by atoms with Crippen molar-refractivity contribution < 1.29 is 9.36 Å². The number of hydrogen-bond donors (Lipinski definition) is 0. The Hall–Kier alpha value is -3.46.